The van der Waals surface area contributed by atoms with Crippen LogP contribution in [0.4, 0.5) is 18.9 Å². The molecule has 0 spiro atoms. The zero-order valence-corrected chi connectivity index (χ0v) is 8.77. The zero-order chi connectivity index (χ0) is 13.3. The number of hydrogen-bond donors (Lipinski definition) is 0. The van der Waals surface area contributed by atoms with Crippen LogP contribution in [0.15, 0.2) is 41.2 Å². The van der Waals surface area contributed by atoms with Gasteiger partial charge in [0.2, 0.25) is 0 Å². The van der Waals surface area contributed by atoms with E-state index in [9.17, 15) is 23.3 Å². The molecule has 0 aliphatic rings. The normalized spacial score (nSPS) is 11.5. The topological polar surface area (TPSA) is 56.3 Å². The van der Waals surface area contributed by atoms with Gasteiger partial charge in [-0.05, 0) is 18.2 Å². The molecule has 0 amide bonds. The summed E-state index contributed by atoms with van der Waals surface area (Å²) in [6.45, 7) is 0. The average Bonchev–Trinajstić information content (AvgIpc) is 2.80. The van der Waals surface area contributed by atoms with Gasteiger partial charge in [-0.25, -0.2) is 0 Å². The fraction of sp³-hybridized carbons (Fsp3) is 0.0909. The molecule has 0 saturated heterocycles. The van der Waals surface area contributed by atoms with Crippen LogP contribution in [0.1, 0.15) is 5.56 Å². The van der Waals surface area contributed by atoms with Crippen molar-refractivity contribution in [2.24, 2.45) is 0 Å². The lowest BCUT2D eigenvalue weighted by molar-refractivity contribution is -0.384. The van der Waals surface area contributed by atoms with Crippen LogP contribution in [0.5, 0.6) is 0 Å². The largest absolute Gasteiger partial charge is 0.472 e. The number of alkyl halides is 3. The summed E-state index contributed by atoms with van der Waals surface area (Å²) in [6, 6.07) is 3.82. The molecule has 1 aromatic carbocycles. The molecular weight excluding hydrogens is 251 g/mol. The van der Waals surface area contributed by atoms with Gasteiger partial charge in [-0.2, -0.15) is 13.2 Å². The molecule has 2 aromatic rings. The van der Waals surface area contributed by atoms with Crippen molar-refractivity contribution in [1.29, 1.82) is 0 Å². The van der Waals surface area contributed by atoms with Crippen LogP contribution in [0.25, 0.3) is 11.1 Å². The number of hydrogen-bond acceptors (Lipinski definition) is 3. The van der Waals surface area contributed by atoms with Crippen LogP contribution < -0.4 is 0 Å². The molecule has 0 atom stereocenters. The minimum absolute atomic E-state index is 0.0850. The zero-order valence-electron chi connectivity index (χ0n) is 8.77. The summed E-state index contributed by atoms with van der Waals surface area (Å²) in [5.74, 6) is 0. The number of nitrogens with zero attached hydrogens (tertiary/aromatic N) is 1. The minimum Gasteiger partial charge on any atom is -0.472 e. The van der Waals surface area contributed by atoms with E-state index in [2.05, 4.69) is 0 Å². The Balaban J connectivity index is 2.59. The molecule has 1 heterocycles. The SMILES string of the molecule is O=[N+]([O-])c1cc(C(F)(F)F)ccc1-c1ccoc1. The van der Waals surface area contributed by atoms with Crippen molar-refractivity contribution in [1.82, 2.24) is 0 Å². The fourth-order valence-corrected chi connectivity index (χ4v) is 1.52. The van der Waals surface area contributed by atoms with Crippen LogP contribution in [-0.2, 0) is 6.18 Å². The van der Waals surface area contributed by atoms with Gasteiger partial charge in [-0.1, -0.05) is 0 Å². The van der Waals surface area contributed by atoms with E-state index in [-0.39, 0.29) is 5.56 Å². The highest BCUT2D eigenvalue weighted by Crippen LogP contribution is 2.36. The molecule has 7 heteroatoms. The second-order valence-corrected chi connectivity index (χ2v) is 3.50. The predicted octanol–water partition coefficient (Wildman–Crippen LogP) is 3.87. The first-order chi connectivity index (χ1) is 8.39. The van der Waals surface area contributed by atoms with Crippen molar-refractivity contribution in [3.8, 4) is 11.1 Å². The number of nitro benzene ring substituents is 1. The van der Waals surface area contributed by atoms with Gasteiger partial charge in [-0.15, -0.1) is 0 Å². The van der Waals surface area contributed by atoms with Crippen molar-refractivity contribution in [3.63, 3.8) is 0 Å². The van der Waals surface area contributed by atoms with Crippen molar-refractivity contribution in [2.75, 3.05) is 0 Å². The summed E-state index contributed by atoms with van der Waals surface area (Å²) in [6.07, 6.45) is -2.09. The van der Waals surface area contributed by atoms with Crippen LogP contribution in [-0.4, -0.2) is 4.92 Å². The maximum atomic E-state index is 12.5. The van der Waals surface area contributed by atoms with E-state index >= 15 is 0 Å². The third kappa shape index (κ3) is 2.20. The third-order valence-corrected chi connectivity index (χ3v) is 2.35. The summed E-state index contributed by atoms with van der Waals surface area (Å²) in [4.78, 5) is 9.95. The molecule has 2 rings (SSSR count). The van der Waals surface area contributed by atoms with Gasteiger partial charge in [0.05, 0.1) is 28.6 Å². The molecule has 0 aliphatic heterocycles. The van der Waals surface area contributed by atoms with Crippen LogP contribution >= 0.6 is 0 Å². The molecule has 4 nitrogen and oxygen atoms in total. The summed E-state index contributed by atoms with van der Waals surface area (Å²) in [7, 11) is 0. The summed E-state index contributed by atoms with van der Waals surface area (Å²) in [5, 5.41) is 10.8. The van der Waals surface area contributed by atoms with Gasteiger partial charge in [0.25, 0.3) is 5.69 Å². The Morgan fingerprint density at radius 1 is 1.22 bits per heavy atom. The van der Waals surface area contributed by atoms with Crippen molar-refractivity contribution < 1.29 is 22.5 Å². The Morgan fingerprint density at radius 3 is 2.44 bits per heavy atom. The molecule has 0 aliphatic carbocycles. The Bertz CT molecular complexity index is 576. The molecule has 1 aromatic heterocycles. The molecule has 18 heavy (non-hydrogen) atoms. The van der Waals surface area contributed by atoms with Crippen molar-refractivity contribution in [3.05, 3.63) is 52.5 Å². The molecule has 94 valence electrons. The van der Waals surface area contributed by atoms with Gasteiger partial charge < -0.3 is 4.42 Å². The second-order valence-electron chi connectivity index (χ2n) is 3.50. The van der Waals surface area contributed by atoms with E-state index in [4.69, 9.17) is 4.42 Å². The molecule has 0 bridgehead atoms. The highest BCUT2D eigenvalue weighted by Gasteiger charge is 2.33. The van der Waals surface area contributed by atoms with Gasteiger partial charge in [0, 0.05) is 11.6 Å². The predicted molar refractivity (Wildman–Crippen MR) is 55.8 cm³/mol. The van der Waals surface area contributed by atoms with Crippen LogP contribution in [0.2, 0.25) is 0 Å². The highest BCUT2D eigenvalue weighted by molar-refractivity contribution is 5.73. The molecule has 0 saturated carbocycles. The summed E-state index contributed by atoms with van der Waals surface area (Å²) in [5.41, 5.74) is -1.22. The summed E-state index contributed by atoms with van der Waals surface area (Å²) >= 11 is 0. The Labute approximate surface area is 98.8 Å². The smallest absolute Gasteiger partial charge is 0.416 e. The van der Waals surface area contributed by atoms with E-state index in [0.29, 0.717) is 11.6 Å². The van der Waals surface area contributed by atoms with Gasteiger partial charge in [-0.3, -0.25) is 10.1 Å². The van der Waals surface area contributed by atoms with E-state index < -0.39 is 22.4 Å². The van der Waals surface area contributed by atoms with Gasteiger partial charge in [0.1, 0.15) is 0 Å². The van der Waals surface area contributed by atoms with Crippen molar-refractivity contribution in [2.45, 2.75) is 6.18 Å². The highest BCUT2D eigenvalue weighted by atomic mass is 19.4. The number of benzene rings is 1. The molecular formula is C11H6F3NO3. The number of halogens is 3. The maximum Gasteiger partial charge on any atom is 0.416 e. The Morgan fingerprint density at radius 2 is 1.94 bits per heavy atom. The Kier molecular flexibility index (Phi) is 2.82. The third-order valence-electron chi connectivity index (χ3n) is 2.35. The number of rotatable bonds is 2. The van der Waals surface area contributed by atoms with E-state index in [1.807, 2.05) is 0 Å². The van der Waals surface area contributed by atoms with Gasteiger partial charge in [0.15, 0.2) is 0 Å². The van der Waals surface area contributed by atoms with E-state index in [1.165, 1.54) is 18.6 Å². The first-order valence-corrected chi connectivity index (χ1v) is 4.78. The standard InChI is InChI=1S/C11H6F3NO3/c12-11(13,14)8-1-2-9(7-3-4-18-6-7)10(5-8)15(16)17/h1-6H. The molecule has 0 unspecified atom stereocenters. The monoisotopic (exact) mass is 257 g/mol. The van der Waals surface area contributed by atoms with E-state index in [1.54, 1.807) is 0 Å². The average molecular weight is 257 g/mol. The van der Waals surface area contributed by atoms with Crippen LogP contribution in [0.3, 0.4) is 0 Å². The first-order valence-electron chi connectivity index (χ1n) is 4.78. The van der Waals surface area contributed by atoms with Crippen LogP contribution in [0, 0.1) is 10.1 Å². The first kappa shape index (κ1) is 12.2. The molecule has 0 N–H and O–H groups in total. The molecule has 0 fully saturated rings. The number of furan rings is 1. The van der Waals surface area contributed by atoms with Crippen molar-refractivity contribution >= 4 is 5.69 Å². The summed E-state index contributed by atoms with van der Waals surface area (Å²) < 4.78 is 42.1. The quantitative estimate of drug-likeness (QED) is 0.606. The van der Waals surface area contributed by atoms with Gasteiger partial charge >= 0.3 is 6.18 Å². The van der Waals surface area contributed by atoms with E-state index in [0.717, 1.165) is 12.1 Å². The lowest BCUT2D eigenvalue weighted by Crippen LogP contribution is -2.05. The second kappa shape index (κ2) is 4.17. The number of nitro groups is 1. The maximum absolute atomic E-state index is 12.5. The lowest BCUT2D eigenvalue weighted by Gasteiger charge is -2.07. The molecule has 0 radical (unpaired) electrons. The lowest BCUT2D eigenvalue weighted by atomic mass is 10.0. The minimum atomic E-state index is -4.61. The fourth-order valence-electron chi connectivity index (χ4n) is 1.52. The Hall–Kier alpha value is -2.31.